The molecule has 0 amide bonds. The molecule has 1 aliphatic rings. The molecule has 0 aliphatic carbocycles. The van der Waals surface area contributed by atoms with Gasteiger partial charge in [-0.2, -0.15) is 9.29 Å². The lowest BCUT2D eigenvalue weighted by Gasteiger charge is -2.21. The molecule has 7 atom stereocenters. The van der Waals surface area contributed by atoms with Crippen LogP contribution in [-0.4, -0.2) is 91.5 Å². The van der Waals surface area contributed by atoms with E-state index in [1.54, 1.807) is 12.2 Å². The van der Waals surface area contributed by atoms with Crippen LogP contribution in [0.5, 0.6) is 0 Å². The summed E-state index contributed by atoms with van der Waals surface area (Å²) in [5, 5.41) is 20.9. The number of aromatic nitrogens is 2. The summed E-state index contributed by atoms with van der Waals surface area (Å²) in [6.07, 6.45) is 33.1. The van der Waals surface area contributed by atoms with Crippen molar-refractivity contribution in [3.63, 3.8) is 0 Å². The molecule has 2 rings (SSSR count). The molecule has 0 bridgehead atoms. The van der Waals surface area contributed by atoms with Crippen LogP contribution >= 0.6 is 15.6 Å². The van der Waals surface area contributed by atoms with E-state index in [1.807, 2.05) is 12.2 Å². The highest BCUT2D eigenvalue weighted by Gasteiger charge is 2.46. The monoisotopic (exact) mass is 1040 g/mol. The number of nitrogens with two attached hydrogens (primary N) is 1. The number of hydrogen-bond donors (Lipinski definition) is 5. The number of esters is 2. The first-order valence-corrected chi connectivity index (χ1v) is 28.2. The third-order valence-electron chi connectivity index (χ3n) is 11.1. The van der Waals surface area contributed by atoms with E-state index in [-0.39, 0.29) is 37.3 Å². The number of nitrogen functional groups attached to an aromatic ring is 1. The number of rotatable bonds is 41. The fourth-order valence-corrected chi connectivity index (χ4v) is 9.19. The number of aliphatic hydroxyl groups is 2. The minimum atomic E-state index is -5.47. The van der Waals surface area contributed by atoms with Gasteiger partial charge in [0.25, 0.3) is 0 Å². The van der Waals surface area contributed by atoms with E-state index in [4.69, 9.17) is 29.0 Å². The van der Waals surface area contributed by atoms with E-state index in [1.165, 1.54) is 57.1 Å². The molecule has 1 saturated heterocycles. The second-order valence-corrected chi connectivity index (χ2v) is 20.4. The van der Waals surface area contributed by atoms with Gasteiger partial charge in [-0.3, -0.25) is 28.0 Å². The molecule has 2 heterocycles. The summed E-state index contributed by atoms with van der Waals surface area (Å²) in [6, 6.07) is 1.23. The van der Waals surface area contributed by atoms with Gasteiger partial charge in [0.1, 0.15) is 30.7 Å². The summed E-state index contributed by atoms with van der Waals surface area (Å²) in [7, 11) is -10.9. The minimum Gasteiger partial charge on any atom is -0.462 e. The van der Waals surface area contributed by atoms with Crippen LogP contribution in [0.3, 0.4) is 0 Å². The smallest absolute Gasteiger partial charge is 0.462 e. The van der Waals surface area contributed by atoms with E-state index in [9.17, 15) is 48.3 Å². The lowest BCUT2D eigenvalue weighted by Crippen LogP contribution is -2.36. The fourth-order valence-electron chi connectivity index (χ4n) is 7.08. The maximum absolute atomic E-state index is 12.9. The molecule has 19 nitrogen and oxygen atoms in total. The Balaban J connectivity index is 1.86. The molecule has 6 N–H and O–H groups in total. The lowest BCUT2D eigenvalue weighted by atomic mass is 10.1. The maximum atomic E-state index is 12.9. The standard InChI is InChI=1S/C50H81N3O16P2/c1-3-5-7-9-11-13-15-17-18-20-22-24-26-28-30-34-46(56)67-42(38-64-45(55)35-31-33-41(54)32-29-27-25-23-21-19-16-14-12-10-8-6-4-2)39-65-70(60,61)69-71(62,63)66-40-43-47(57)48(58)49(68-43)53-37-36-44(51)52-50(53)59/h12-15,19,21,25,27,29,32,36-37,42-43,47-49,57-58H,3-11,16-18,20,22-24,26,28,30-31,33-35,38-40H2,1-2H3,(H,60,61)(H,62,63)(H2,51,52,59)/b14-12-,15-13-,21-19-,27-25-,32-29+/t42-,43-,47-,48-,49-/m1/s1. The third-order valence-corrected chi connectivity index (χ3v) is 13.7. The average molecular weight is 1040 g/mol. The van der Waals surface area contributed by atoms with Gasteiger partial charge in [0, 0.05) is 25.5 Å². The highest BCUT2D eigenvalue weighted by Crippen LogP contribution is 2.60. The van der Waals surface area contributed by atoms with Gasteiger partial charge in [0.15, 0.2) is 18.1 Å². The SMILES string of the molecule is CCCCC/C=C\C/C=C\C/C=C\C=C\C(=O)CCCC(=O)OC[C@H](COP(=O)(O)OP(=O)(O)OC[C@H]1O[C@@H](n2ccc(N)nc2=O)[C@H](O)[C@@H]1O)OC(=O)CCCCCCCCC/C=C\CCCCCC. The van der Waals surface area contributed by atoms with Crippen LogP contribution in [0.25, 0.3) is 0 Å². The Morgan fingerprint density at radius 1 is 0.718 bits per heavy atom. The third kappa shape index (κ3) is 30.7. The Bertz CT molecular complexity index is 1990. The van der Waals surface area contributed by atoms with E-state index in [0.29, 0.717) is 6.42 Å². The minimum absolute atomic E-state index is 0.00699. The predicted molar refractivity (Wildman–Crippen MR) is 271 cm³/mol. The number of phosphoric ester groups is 2. The molecule has 1 aromatic rings. The first-order valence-electron chi connectivity index (χ1n) is 25.3. The molecule has 71 heavy (non-hydrogen) atoms. The Kier molecular flexibility index (Phi) is 33.7. The van der Waals surface area contributed by atoms with E-state index in [2.05, 4.69) is 53.5 Å². The molecule has 1 fully saturated rings. The summed E-state index contributed by atoms with van der Waals surface area (Å²) >= 11 is 0. The van der Waals surface area contributed by atoms with Gasteiger partial charge in [-0.15, -0.1) is 0 Å². The van der Waals surface area contributed by atoms with Crippen molar-refractivity contribution >= 4 is 39.2 Å². The molecular weight excluding hydrogens is 961 g/mol. The molecule has 2 unspecified atom stereocenters. The second-order valence-electron chi connectivity index (χ2n) is 17.3. The van der Waals surface area contributed by atoms with Crippen molar-refractivity contribution in [3.05, 3.63) is 83.5 Å². The van der Waals surface area contributed by atoms with Crippen molar-refractivity contribution < 1.29 is 71.1 Å². The topological polar surface area (TPSA) is 283 Å². The molecule has 402 valence electrons. The van der Waals surface area contributed by atoms with Crippen molar-refractivity contribution in [1.29, 1.82) is 0 Å². The van der Waals surface area contributed by atoms with Gasteiger partial charge < -0.3 is 39.9 Å². The van der Waals surface area contributed by atoms with Crippen molar-refractivity contribution in [1.82, 2.24) is 9.55 Å². The number of allylic oxidation sites excluding steroid dienone is 10. The summed E-state index contributed by atoms with van der Waals surface area (Å²) in [6.45, 7) is 1.87. The summed E-state index contributed by atoms with van der Waals surface area (Å²) < 4.78 is 56.5. The highest BCUT2D eigenvalue weighted by atomic mass is 31.3. The van der Waals surface area contributed by atoms with E-state index >= 15 is 0 Å². The summed E-state index contributed by atoms with van der Waals surface area (Å²) in [4.78, 5) is 74.2. The Morgan fingerprint density at radius 2 is 1.28 bits per heavy atom. The van der Waals surface area contributed by atoms with Gasteiger partial charge >= 0.3 is 33.3 Å². The van der Waals surface area contributed by atoms with Crippen molar-refractivity contribution in [2.24, 2.45) is 0 Å². The molecular formula is C50H81N3O16P2. The van der Waals surface area contributed by atoms with Crippen LogP contribution in [0.1, 0.15) is 168 Å². The number of carbonyl (C=O) groups is 3. The molecule has 0 spiro atoms. The van der Waals surface area contributed by atoms with Crippen LogP contribution in [0, 0.1) is 0 Å². The fraction of sp³-hybridized carbons (Fsp3) is 0.660. The van der Waals surface area contributed by atoms with Crippen LogP contribution in [-0.2, 0) is 51.1 Å². The average Bonchev–Trinajstić information content (AvgIpc) is 3.60. The first kappa shape index (κ1) is 63.2. The van der Waals surface area contributed by atoms with Gasteiger partial charge in [-0.1, -0.05) is 133 Å². The van der Waals surface area contributed by atoms with Gasteiger partial charge in [0.05, 0.1) is 13.2 Å². The quantitative estimate of drug-likeness (QED) is 0.0102. The first-order chi connectivity index (χ1) is 34.1. The lowest BCUT2D eigenvalue weighted by molar-refractivity contribution is -0.161. The molecule has 1 aromatic heterocycles. The van der Waals surface area contributed by atoms with Gasteiger partial charge in [0.2, 0.25) is 0 Å². The van der Waals surface area contributed by atoms with Crippen molar-refractivity contribution in [2.75, 3.05) is 25.6 Å². The number of ketones is 1. The van der Waals surface area contributed by atoms with Crippen molar-refractivity contribution in [3.8, 4) is 0 Å². The molecule has 1 aliphatic heterocycles. The number of unbranched alkanes of at least 4 members (excludes halogenated alkanes) is 14. The molecule has 0 aromatic carbocycles. The zero-order valence-electron chi connectivity index (χ0n) is 41.8. The molecule has 0 saturated carbocycles. The zero-order valence-corrected chi connectivity index (χ0v) is 43.5. The van der Waals surface area contributed by atoms with Gasteiger partial charge in [-0.25, -0.2) is 13.9 Å². The number of phosphoric acid groups is 2. The Morgan fingerprint density at radius 3 is 1.96 bits per heavy atom. The Labute approximate surface area is 419 Å². The number of ether oxygens (including phenoxy) is 3. The summed E-state index contributed by atoms with van der Waals surface area (Å²) in [5.41, 5.74) is 4.57. The Hall–Kier alpha value is -3.87. The predicted octanol–water partition coefficient (Wildman–Crippen LogP) is 9.51. The van der Waals surface area contributed by atoms with E-state index in [0.717, 1.165) is 81.4 Å². The second kappa shape index (κ2) is 37.8. The van der Waals surface area contributed by atoms with Crippen molar-refractivity contribution in [2.45, 2.75) is 192 Å². The number of carbonyl (C=O) groups excluding carboxylic acids is 3. The van der Waals surface area contributed by atoms with Crippen LogP contribution in [0.15, 0.2) is 77.8 Å². The van der Waals surface area contributed by atoms with Crippen LogP contribution < -0.4 is 11.4 Å². The largest absolute Gasteiger partial charge is 0.481 e. The number of anilines is 1. The highest BCUT2D eigenvalue weighted by molar-refractivity contribution is 7.61. The number of hydrogen-bond acceptors (Lipinski definition) is 16. The van der Waals surface area contributed by atoms with E-state index < -0.39 is 83.7 Å². The maximum Gasteiger partial charge on any atom is 0.481 e. The molecule has 0 radical (unpaired) electrons. The number of nitrogens with zero attached hydrogens (tertiary/aromatic N) is 2. The molecule has 21 heteroatoms. The zero-order chi connectivity index (χ0) is 52.2. The number of aliphatic hydroxyl groups excluding tert-OH is 2. The van der Waals surface area contributed by atoms with Gasteiger partial charge in [-0.05, 0) is 76.4 Å². The van der Waals surface area contributed by atoms with Crippen LogP contribution in [0.2, 0.25) is 0 Å². The van der Waals surface area contributed by atoms with Crippen LogP contribution in [0.4, 0.5) is 5.82 Å². The summed E-state index contributed by atoms with van der Waals surface area (Å²) in [5.74, 6) is -1.77. The normalized spacial score (nSPS) is 19.6.